The van der Waals surface area contributed by atoms with Gasteiger partial charge in [-0.15, -0.1) is 0 Å². The number of hydrogen-bond acceptors (Lipinski definition) is 6. The molecule has 0 saturated carbocycles. The summed E-state index contributed by atoms with van der Waals surface area (Å²) in [5.74, 6) is 2.11. The first-order valence-electron chi connectivity index (χ1n) is 12.6. The van der Waals surface area contributed by atoms with Crippen LogP contribution >= 0.6 is 0 Å². The predicted octanol–water partition coefficient (Wildman–Crippen LogP) is 5.53. The second-order valence-electron chi connectivity index (χ2n) is 10.6. The molecule has 0 saturated heterocycles. The third-order valence-electron chi connectivity index (χ3n) is 7.00. The maximum atomic E-state index is 13.7. The molecular formula is C30H33N3O4. The van der Waals surface area contributed by atoms with Crippen LogP contribution in [0.5, 0.6) is 5.75 Å². The van der Waals surface area contributed by atoms with Gasteiger partial charge >= 0.3 is 0 Å². The number of benzene rings is 2. The van der Waals surface area contributed by atoms with Gasteiger partial charge in [-0.2, -0.15) is 0 Å². The number of methoxy groups -OCH3 is 1. The van der Waals surface area contributed by atoms with E-state index in [9.17, 15) is 9.59 Å². The van der Waals surface area contributed by atoms with Crippen LogP contribution in [0.4, 0.5) is 11.4 Å². The molecule has 1 aliphatic heterocycles. The Bertz CT molecular complexity index is 1350. The van der Waals surface area contributed by atoms with Gasteiger partial charge in [-0.05, 0) is 60.7 Å². The Morgan fingerprint density at radius 1 is 1.11 bits per heavy atom. The number of para-hydroxylation sites is 2. The Labute approximate surface area is 217 Å². The van der Waals surface area contributed by atoms with Gasteiger partial charge in [-0.25, -0.2) is 0 Å². The predicted molar refractivity (Wildman–Crippen MR) is 143 cm³/mol. The van der Waals surface area contributed by atoms with E-state index in [1.54, 1.807) is 7.11 Å². The summed E-state index contributed by atoms with van der Waals surface area (Å²) < 4.78 is 11.3. The van der Waals surface area contributed by atoms with Crippen molar-refractivity contribution in [3.63, 3.8) is 0 Å². The summed E-state index contributed by atoms with van der Waals surface area (Å²) in [6.45, 7) is 6.57. The summed E-state index contributed by atoms with van der Waals surface area (Å²) in [5, 5.41) is 6.59. The van der Waals surface area contributed by atoms with Crippen molar-refractivity contribution in [3.8, 4) is 5.75 Å². The van der Waals surface area contributed by atoms with Gasteiger partial charge in [0.05, 0.1) is 25.0 Å². The normalized spacial score (nSPS) is 18.4. The lowest BCUT2D eigenvalue weighted by Gasteiger charge is -2.36. The monoisotopic (exact) mass is 499 g/mol. The summed E-state index contributed by atoms with van der Waals surface area (Å²) in [6, 6.07) is 18.8. The average molecular weight is 500 g/mol. The number of aryl methyl sites for hydroxylation is 1. The molecule has 5 rings (SSSR count). The Morgan fingerprint density at radius 2 is 1.86 bits per heavy atom. The summed E-state index contributed by atoms with van der Waals surface area (Å²) >= 11 is 0. The number of ketones is 1. The van der Waals surface area contributed by atoms with E-state index in [4.69, 9.17) is 9.15 Å². The highest BCUT2D eigenvalue weighted by Gasteiger charge is 2.43. The number of anilines is 2. The maximum Gasteiger partial charge on any atom is 0.239 e. The number of nitrogens with zero attached hydrogens (tertiary/aromatic N) is 1. The molecule has 2 N–H and O–H groups in total. The highest BCUT2D eigenvalue weighted by Crippen LogP contribution is 2.48. The van der Waals surface area contributed by atoms with Crippen LogP contribution in [0.15, 0.2) is 76.4 Å². The van der Waals surface area contributed by atoms with Crippen molar-refractivity contribution in [2.24, 2.45) is 5.41 Å². The number of rotatable bonds is 6. The van der Waals surface area contributed by atoms with Crippen LogP contribution in [-0.2, 0) is 16.1 Å². The molecule has 3 aromatic rings. The first-order chi connectivity index (χ1) is 17.7. The molecule has 1 unspecified atom stereocenters. The van der Waals surface area contributed by atoms with Gasteiger partial charge in [0.2, 0.25) is 5.91 Å². The van der Waals surface area contributed by atoms with Crippen molar-refractivity contribution < 1.29 is 18.7 Å². The Morgan fingerprint density at radius 3 is 2.57 bits per heavy atom. The van der Waals surface area contributed by atoms with Gasteiger partial charge in [0.1, 0.15) is 23.3 Å². The number of furan rings is 1. The summed E-state index contributed by atoms with van der Waals surface area (Å²) in [5.41, 5.74) is 4.10. The lowest BCUT2D eigenvalue weighted by Crippen LogP contribution is -2.41. The van der Waals surface area contributed by atoms with E-state index in [-0.39, 0.29) is 23.7 Å². The van der Waals surface area contributed by atoms with Gasteiger partial charge in [0, 0.05) is 24.2 Å². The van der Waals surface area contributed by atoms with Crippen molar-refractivity contribution in [1.29, 1.82) is 0 Å². The molecule has 1 atom stereocenters. The molecule has 1 aromatic heterocycles. The number of hydrogen-bond donors (Lipinski definition) is 2. The van der Waals surface area contributed by atoms with E-state index in [1.807, 2.05) is 72.5 Å². The molecule has 2 heterocycles. The second-order valence-corrected chi connectivity index (χ2v) is 10.6. The number of ether oxygens (including phenoxy) is 1. The summed E-state index contributed by atoms with van der Waals surface area (Å²) in [6.07, 6.45) is 1.17. The van der Waals surface area contributed by atoms with Crippen molar-refractivity contribution >= 4 is 23.1 Å². The van der Waals surface area contributed by atoms with Crippen molar-refractivity contribution in [1.82, 2.24) is 5.32 Å². The van der Waals surface area contributed by atoms with E-state index < -0.39 is 6.04 Å². The number of carbonyl (C=O) groups excluding carboxylic acids is 2. The topological polar surface area (TPSA) is 83.8 Å². The third-order valence-corrected chi connectivity index (χ3v) is 7.00. The fraction of sp³-hybridized carbons (Fsp3) is 0.333. The smallest absolute Gasteiger partial charge is 0.239 e. The third kappa shape index (κ3) is 5.12. The number of allylic oxidation sites excluding steroid dienone is 1. The number of amides is 1. The molecule has 7 nitrogen and oxygen atoms in total. The minimum absolute atomic E-state index is 0.0622. The van der Waals surface area contributed by atoms with E-state index >= 15 is 0 Å². The van der Waals surface area contributed by atoms with Crippen molar-refractivity contribution in [3.05, 3.63) is 89.0 Å². The van der Waals surface area contributed by atoms with Gasteiger partial charge < -0.3 is 24.7 Å². The van der Waals surface area contributed by atoms with Gasteiger partial charge in [0.25, 0.3) is 0 Å². The molecule has 1 aliphatic carbocycles. The van der Waals surface area contributed by atoms with Gasteiger partial charge in [-0.1, -0.05) is 38.1 Å². The molecule has 0 fully saturated rings. The minimum Gasteiger partial charge on any atom is -0.497 e. The molecular weight excluding hydrogens is 466 g/mol. The molecule has 37 heavy (non-hydrogen) atoms. The number of carbonyl (C=O) groups is 2. The van der Waals surface area contributed by atoms with E-state index in [0.29, 0.717) is 24.3 Å². The van der Waals surface area contributed by atoms with Crippen LogP contribution in [0.2, 0.25) is 0 Å². The van der Waals surface area contributed by atoms with Gasteiger partial charge in [-0.3, -0.25) is 9.59 Å². The lowest BCUT2D eigenvalue weighted by molar-refractivity contribution is -0.121. The Hall–Kier alpha value is -4.00. The Kier molecular flexibility index (Phi) is 6.54. The zero-order chi connectivity index (χ0) is 26.2. The van der Waals surface area contributed by atoms with E-state index in [0.717, 1.165) is 40.6 Å². The highest BCUT2D eigenvalue weighted by molar-refractivity contribution is 6.01. The van der Waals surface area contributed by atoms with E-state index in [1.165, 1.54) is 0 Å². The van der Waals surface area contributed by atoms with E-state index in [2.05, 4.69) is 24.5 Å². The standard InChI is InChI=1S/C30H33N3O4/c1-19-9-14-26(37-19)29-28-23(15-30(2,3)16-25(28)34)32-22-7-5-6-8-24(22)33(29)18-27(35)31-17-20-10-12-21(36-4)13-11-20/h5-14,29,32H,15-18H2,1-4H3,(H,31,35). The minimum atomic E-state index is -0.518. The SMILES string of the molecule is COc1ccc(CNC(=O)CN2c3ccccc3NC3=C(C(=O)CC(C)(C)C3)C2c2ccc(C)o2)cc1. The number of fused-ring (bicyclic) bond motifs is 1. The fourth-order valence-corrected chi connectivity index (χ4v) is 5.28. The number of nitrogens with one attached hydrogen (secondary N) is 2. The quantitative estimate of drug-likeness (QED) is 0.464. The molecule has 0 radical (unpaired) electrons. The van der Waals surface area contributed by atoms with Crippen LogP contribution < -0.4 is 20.3 Å². The van der Waals surface area contributed by atoms with Crippen LogP contribution in [0, 0.1) is 12.3 Å². The summed E-state index contributed by atoms with van der Waals surface area (Å²) in [7, 11) is 1.63. The fourth-order valence-electron chi connectivity index (χ4n) is 5.28. The van der Waals surface area contributed by atoms with Crippen LogP contribution in [-0.4, -0.2) is 25.3 Å². The highest BCUT2D eigenvalue weighted by atomic mass is 16.5. The van der Waals surface area contributed by atoms with Gasteiger partial charge in [0.15, 0.2) is 5.78 Å². The molecule has 1 amide bonds. The zero-order valence-electron chi connectivity index (χ0n) is 21.8. The first kappa shape index (κ1) is 24.7. The van der Waals surface area contributed by atoms with Crippen LogP contribution in [0.25, 0.3) is 0 Å². The zero-order valence-corrected chi connectivity index (χ0v) is 21.8. The molecule has 2 aliphatic rings. The number of Topliss-reactive ketones (excluding diaryl/α,β-unsaturated/α-hetero) is 1. The lowest BCUT2D eigenvalue weighted by atomic mass is 9.74. The molecule has 7 heteroatoms. The molecule has 0 spiro atoms. The van der Waals surface area contributed by atoms with Crippen LogP contribution in [0.1, 0.15) is 49.8 Å². The second kappa shape index (κ2) is 9.81. The molecule has 2 aromatic carbocycles. The molecule has 192 valence electrons. The Balaban J connectivity index is 1.51. The maximum absolute atomic E-state index is 13.7. The first-order valence-corrected chi connectivity index (χ1v) is 12.6. The largest absolute Gasteiger partial charge is 0.497 e. The average Bonchev–Trinajstić information content (AvgIpc) is 3.24. The summed E-state index contributed by atoms with van der Waals surface area (Å²) in [4.78, 5) is 29.0. The van der Waals surface area contributed by atoms with Crippen molar-refractivity contribution in [2.45, 2.75) is 46.2 Å². The molecule has 0 bridgehead atoms. The van der Waals surface area contributed by atoms with Crippen molar-refractivity contribution in [2.75, 3.05) is 23.9 Å². The van der Waals surface area contributed by atoms with Crippen LogP contribution in [0.3, 0.4) is 0 Å².